The van der Waals surface area contributed by atoms with Crippen LogP contribution in [0.15, 0.2) is 12.4 Å². The molecule has 6 heteroatoms. The van der Waals surface area contributed by atoms with Gasteiger partial charge < -0.3 is 10.6 Å². The second-order valence-electron chi connectivity index (χ2n) is 4.44. The van der Waals surface area contributed by atoms with Crippen LogP contribution < -0.4 is 10.6 Å². The van der Waals surface area contributed by atoms with Crippen LogP contribution in [0.4, 0.5) is 5.82 Å². The average Bonchev–Trinajstić information content (AvgIpc) is 3.04. The zero-order valence-electron chi connectivity index (χ0n) is 9.87. The maximum Gasteiger partial charge on any atom is 0.254 e. The van der Waals surface area contributed by atoms with Crippen molar-refractivity contribution < 1.29 is 0 Å². The molecule has 0 aliphatic heterocycles. The Morgan fingerprint density at radius 3 is 3.06 bits per heavy atom. The van der Waals surface area contributed by atoms with Gasteiger partial charge in [-0.1, -0.05) is 0 Å². The molecule has 90 valence electrons. The number of nitrogens with two attached hydrogens (primary N) is 1. The summed E-state index contributed by atoms with van der Waals surface area (Å²) in [6, 6.07) is 2.66. The lowest BCUT2D eigenvalue weighted by Gasteiger charge is -2.24. The van der Waals surface area contributed by atoms with E-state index in [0.29, 0.717) is 18.4 Å². The summed E-state index contributed by atoms with van der Waals surface area (Å²) in [4.78, 5) is 10.8. The number of hydrogen-bond acceptors (Lipinski definition) is 5. The van der Waals surface area contributed by atoms with Gasteiger partial charge in [0.15, 0.2) is 0 Å². The van der Waals surface area contributed by atoms with E-state index in [4.69, 9.17) is 5.73 Å². The van der Waals surface area contributed by atoms with Crippen LogP contribution >= 0.6 is 0 Å². The van der Waals surface area contributed by atoms with E-state index in [1.54, 1.807) is 10.8 Å². The first-order chi connectivity index (χ1) is 8.29. The molecular weight excluding hydrogens is 216 g/mol. The SMILES string of the molecule is Cc1cc(N(CCN)C2CC2)n2ncnc2n1. The monoisotopic (exact) mass is 232 g/mol. The Kier molecular flexibility index (Phi) is 2.44. The minimum atomic E-state index is 0.604. The van der Waals surface area contributed by atoms with Crippen molar-refractivity contribution in [3.05, 3.63) is 18.1 Å². The van der Waals surface area contributed by atoms with Crippen LogP contribution in [-0.4, -0.2) is 38.7 Å². The lowest BCUT2D eigenvalue weighted by atomic mass is 10.3. The Morgan fingerprint density at radius 1 is 1.53 bits per heavy atom. The van der Waals surface area contributed by atoms with Crippen molar-refractivity contribution in [2.45, 2.75) is 25.8 Å². The molecule has 0 radical (unpaired) electrons. The van der Waals surface area contributed by atoms with Crippen molar-refractivity contribution in [3.63, 3.8) is 0 Å². The summed E-state index contributed by atoms with van der Waals surface area (Å²) in [5, 5.41) is 4.23. The fourth-order valence-electron chi connectivity index (χ4n) is 2.13. The molecule has 2 aromatic heterocycles. The number of hydrogen-bond donors (Lipinski definition) is 1. The molecular formula is C11H16N6. The van der Waals surface area contributed by atoms with Crippen molar-refractivity contribution in [2.24, 2.45) is 5.73 Å². The molecule has 1 saturated carbocycles. The minimum absolute atomic E-state index is 0.604. The predicted molar refractivity (Wildman–Crippen MR) is 64.9 cm³/mol. The average molecular weight is 232 g/mol. The Balaban J connectivity index is 2.09. The van der Waals surface area contributed by atoms with Crippen molar-refractivity contribution >= 4 is 11.6 Å². The summed E-state index contributed by atoms with van der Waals surface area (Å²) in [5.41, 5.74) is 6.65. The molecule has 0 unspecified atom stereocenters. The Labute approximate surface area is 99.5 Å². The highest BCUT2D eigenvalue weighted by Crippen LogP contribution is 2.31. The second-order valence-corrected chi connectivity index (χ2v) is 4.44. The Bertz CT molecular complexity index is 530. The summed E-state index contributed by atoms with van der Waals surface area (Å²) in [6.45, 7) is 3.48. The first-order valence-corrected chi connectivity index (χ1v) is 5.93. The Hall–Kier alpha value is -1.69. The molecule has 1 aliphatic rings. The summed E-state index contributed by atoms with van der Waals surface area (Å²) in [6.07, 6.45) is 4.01. The quantitative estimate of drug-likeness (QED) is 0.824. The highest BCUT2D eigenvalue weighted by molar-refractivity contribution is 5.49. The van der Waals surface area contributed by atoms with Crippen molar-refractivity contribution in [1.82, 2.24) is 19.6 Å². The van der Waals surface area contributed by atoms with Crippen LogP contribution in [-0.2, 0) is 0 Å². The van der Waals surface area contributed by atoms with Crippen molar-refractivity contribution in [2.75, 3.05) is 18.0 Å². The van der Waals surface area contributed by atoms with Gasteiger partial charge in [-0.25, -0.2) is 4.98 Å². The standard InChI is InChI=1S/C11H16N6/c1-8-6-10(16(5-4-12)9-2-3-9)17-11(15-8)13-7-14-17/h6-7,9H,2-5,12H2,1H3. The van der Waals surface area contributed by atoms with Crippen LogP contribution in [0.3, 0.4) is 0 Å². The summed E-state index contributed by atoms with van der Waals surface area (Å²) in [5.74, 6) is 1.71. The highest BCUT2D eigenvalue weighted by atomic mass is 15.4. The molecule has 0 amide bonds. The molecule has 1 aliphatic carbocycles. The van der Waals surface area contributed by atoms with Crippen molar-refractivity contribution in [3.8, 4) is 0 Å². The summed E-state index contributed by atoms with van der Waals surface area (Å²) < 4.78 is 1.79. The largest absolute Gasteiger partial charge is 0.352 e. The third-order valence-corrected chi connectivity index (χ3v) is 3.01. The van der Waals surface area contributed by atoms with Gasteiger partial charge in [0.05, 0.1) is 0 Å². The second kappa shape index (κ2) is 3.96. The van der Waals surface area contributed by atoms with Gasteiger partial charge in [0.1, 0.15) is 12.1 Å². The molecule has 1 fully saturated rings. The number of aromatic nitrogens is 4. The van der Waals surface area contributed by atoms with E-state index in [9.17, 15) is 0 Å². The van der Waals surface area contributed by atoms with Crippen LogP contribution in [0.1, 0.15) is 18.5 Å². The molecule has 2 heterocycles. The summed E-state index contributed by atoms with van der Waals surface area (Å²) >= 11 is 0. The molecule has 3 rings (SSSR count). The van der Waals surface area contributed by atoms with Gasteiger partial charge in [0.2, 0.25) is 0 Å². The summed E-state index contributed by atoms with van der Waals surface area (Å²) in [7, 11) is 0. The molecule has 6 nitrogen and oxygen atoms in total. The number of nitrogens with zero attached hydrogens (tertiary/aromatic N) is 5. The minimum Gasteiger partial charge on any atom is -0.352 e. The number of rotatable bonds is 4. The molecule has 0 saturated heterocycles. The molecule has 2 N–H and O–H groups in total. The van der Waals surface area contributed by atoms with E-state index in [0.717, 1.165) is 18.1 Å². The predicted octanol–water partition coefficient (Wildman–Crippen LogP) is 0.360. The molecule has 17 heavy (non-hydrogen) atoms. The lowest BCUT2D eigenvalue weighted by Crippen LogP contribution is -2.33. The molecule has 0 atom stereocenters. The van der Waals surface area contributed by atoms with Gasteiger partial charge in [-0.15, -0.1) is 0 Å². The maximum absolute atomic E-state index is 5.69. The van der Waals surface area contributed by atoms with Gasteiger partial charge in [-0.05, 0) is 19.8 Å². The normalized spacial score (nSPS) is 15.4. The highest BCUT2D eigenvalue weighted by Gasteiger charge is 2.30. The molecule has 2 aromatic rings. The third kappa shape index (κ3) is 1.84. The maximum atomic E-state index is 5.69. The zero-order chi connectivity index (χ0) is 11.8. The van der Waals surface area contributed by atoms with Gasteiger partial charge in [-0.2, -0.15) is 14.6 Å². The zero-order valence-corrected chi connectivity index (χ0v) is 9.87. The fourth-order valence-corrected chi connectivity index (χ4v) is 2.13. The fraction of sp³-hybridized carbons (Fsp3) is 0.545. The number of fused-ring (bicyclic) bond motifs is 1. The van der Waals surface area contributed by atoms with E-state index < -0.39 is 0 Å². The van der Waals surface area contributed by atoms with Gasteiger partial charge >= 0.3 is 0 Å². The lowest BCUT2D eigenvalue weighted by molar-refractivity contribution is 0.743. The van der Waals surface area contributed by atoms with E-state index in [-0.39, 0.29) is 0 Å². The third-order valence-electron chi connectivity index (χ3n) is 3.01. The topological polar surface area (TPSA) is 72.3 Å². The molecule has 0 bridgehead atoms. The van der Waals surface area contributed by atoms with Crippen LogP contribution in [0.2, 0.25) is 0 Å². The first-order valence-electron chi connectivity index (χ1n) is 5.93. The van der Waals surface area contributed by atoms with E-state index in [1.165, 1.54) is 12.8 Å². The van der Waals surface area contributed by atoms with E-state index in [2.05, 4.69) is 26.0 Å². The van der Waals surface area contributed by atoms with E-state index >= 15 is 0 Å². The van der Waals surface area contributed by atoms with Crippen molar-refractivity contribution in [1.29, 1.82) is 0 Å². The molecule has 0 spiro atoms. The number of anilines is 1. The van der Waals surface area contributed by atoms with E-state index in [1.807, 2.05) is 6.92 Å². The molecule has 0 aromatic carbocycles. The van der Waals surface area contributed by atoms with Gasteiger partial charge in [0.25, 0.3) is 5.78 Å². The smallest absolute Gasteiger partial charge is 0.254 e. The van der Waals surface area contributed by atoms with Gasteiger partial charge in [-0.3, -0.25) is 0 Å². The van der Waals surface area contributed by atoms with Crippen LogP contribution in [0.25, 0.3) is 5.78 Å². The first kappa shape index (κ1) is 10.5. The number of aryl methyl sites for hydroxylation is 1. The van der Waals surface area contributed by atoms with Crippen LogP contribution in [0.5, 0.6) is 0 Å². The Morgan fingerprint density at radius 2 is 2.35 bits per heavy atom. The van der Waals surface area contributed by atoms with Gasteiger partial charge in [0, 0.05) is 30.9 Å². The van der Waals surface area contributed by atoms with Crippen LogP contribution in [0, 0.1) is 6.92 Å².